The number of Topliss-reactive ketones (excluding diaryl/α,β-unsaturated/α-hetero) is 1. The molecule has 13 heteroatoms. The van der Waals surface area contributed by atoms with Crippen molar-refractivity contribution < 1.29 is 32.0 Å². The van der Waals surface area contributed by atoms with E-state index in [2.05, 4.69) is 15.2 Å². The van der Waals surface area contributed by atoms with Crippen LogP contribution in [-0.4, -0.2) is 32.1 Å². The minimum Gasteiger partial charge on any atom is -0.454 e. The Morgan fingerprint density at radius 3 is 2.68 bits per heavy atom. The number of aryl methyl sites for hydroxylation is 1. The summed E-state index contributed by atoms with van der Waals surface area (Å²) < 4.78 is 43.3. The van der Waals surface area contributed by atoms with Gasteiger partial charge in [0.2, 0.25) is 6.79 Å². The molecule has 1 aromatic carbocycles. The second-order valence-corrected chi connectivity index (χ2v) is 9.31. The summed E-state index contributed by atoms with van der Waals surface area (Å²) in [7, 11) is -4.21. The summed E-state index contributed by atoms with van der Waals surface area (Å²) in [6, 6.07) is 4.30. The van der Waals surface area contributed by atoms with Crippen molar-refractivity contribution in [2.45, 2.75) is 18.7 Å². The van der Waals surface area contributed by atoms with Crippen LogP contribution in [0, 0.1) is 6.92 Å². The molecule has 1 aliphatic heterocycles. The summed E-state index contributed by atoms with van der Waals surface area (Å²) >= 11 is 6.88. The second kappa shape index (κ2) is 7.87. The van der Waals surface area contributed by atoms with Gasteiger partial charge in [0.15, 0.2) is 17.3 Å². The molecule has 0 saturated carbocycles. The lowest BCUT2D eigenvalue weighted by Gasteiger charge is -2.12. The predicted molar refractivity (Wildman–Crippen MR) is 112 cm³/mol. The molecule has 4 rings (SSSR count). The zero-order valence-corrected chi connectivity index (χ0v) is 18.4. The number of nitrogens with one attached hydrogen (secondary N) is 2. The van der Waals surface area contributed by atoms with Crippen molar-refractivity contribution in [3.8, 4) is 11.5 Å². The standard InChI is InChI=1S/C18H14ClN3O7S2/c1-8-14(19)18(29-21-8)22-31(25,26)12-5-6-30-16(12)17(24)20-10-3-4-11-15(28-7-27-11)13(10)9(2)23/h3-6,22H,7H2,1-2H3,(H,20,24). The van der Waals surface area contributed by atoms with Gasteiger partial charge in [-0.25, -0.2) is 13.1 Å². The Kier molecular flexibility index (Phi) is 5.37. The number of anilines is 2. The van der Waals surface area contributed by atoms with E-state index < -0.39 is 15.9 Å². The van der Waals surface area contributed by atoms with Crippen molar-refractivity contribution in [3.05, 3.63) is 44.7 Å². The highest BCUT2D eigenvalue weighted by Crippen LogP contribution is 2.40. The largest absolute Gasteiger partial charge is 0.454 e. The average molecular weight is 484 g/mol. The molecule has 0 bridgehead atoms. The molecule has 1 amide bonds. The van der Waals surface area contributed by atoms with Crippen LogP contribution in [0.15, 0.2) is 33.0 Å². The van der Waals surface area contributed by atoms with Gasteiger partial charge in [0, 0.05) is 0 Å². The maximum atomic E-state index is 12.9. The van der Waals surface area contributed by atoms with Crippen molar-refractivity contribution in [2.24, 2.45) is 0 Å². The molecule has 1 aliphatic rings. The number of sulfonamides is 1. The molecule has 3 heterocycles. The molecule has 0 unspecified atom stereocenters. The first kappa shape index (κ1) is 21.2. The summed E-state index contributed by atoms with van der Waals surface area (Å²) in [4.78, 5) is 24.6. The van der Waals surface area contributed by atoms with Crippen molar-refractivity contribution in [3.63, 3.8) is 0 Å². The minimum atomic E-state index is -4.21. The van der Waals surface area contributed by atoms with Crippen LogP contribution in [0.2, 0.25) is 5.02 Å². The van der Waals surface area contributed by atoms with Gasteiger partial charge in [-0.15, -0.1) is 11.3 Å². The van der Waals surface area contributed by atoms with Crippen LogP contribution in [0.4, 0.5) is 11.6 Å². The van der Waals surface area contributed by atoms with E-state index in [-0.39, 0.29) is 50.3 Å². The number of hydrogen-bond donors (Lipinski definition) is 2. The topological polar surface area (TPSA) is 137 Å². The van der Waals surface area contributed by atoms with E-state index in [0.29, 0.717) is 11.4 Å². The monoisotopic (exact) mass is 483 g/mol. The molecular weight excluding hydrogens is 470 g/mol. The number of fused-ring (bicyclic) bond motifs is 1. The third-order valence-electron chi connectivity index (χ3n) is 4.28. The molecule has 0 aliphatic carbocycles. The smallest absolute Gasteiger partial charge is 0.267 e. The van der Waals surface area contributed by atoms with E-state index in [0.717, 1.165) is 11.3 Å². The first-order valence-corrected chi connectivity index (χ1v) is 11.4. The van der Waals surface area contributed by atoms with E-state index in [1.54, 1.807) is 13.0 Å². The summed E-state index contributed by atoms with van der Waals surface area (Å²) in [6.07, 6.45) is 0. The molecule has 2 N–H and O–H groups in total. The molecule has 0 spiro atoms. The van der Waals surface area contributed by atoms with Gasteiger partial charge in [-0.3, -0.25) is 9.59 Å². The summed E-state index contributed by atoms with van der Waals surface area (Å²) in [5, 5.41) is 7.62. The number of rotatable bonds is 6. The Balaban J connectivity index is 1.65. The highest BCUT2D eigenvalue weighted by atomic mass is 35.5. The molecule has 10 nitrogen and oxygen atoms in total. The van der Waals surface area contributed by atoms with Crippen molar-refractivity contribution >= 4 is 56.2 Å². The number of ketones is 1. The summed E-state index contributed by atoms with van der Waals surface area (Å²) in [5.74, 6) is -0.732. The van der Waals surface area contributed by atoms with Gasteiger partial charge >= 0.3 is 0 Å². The van der Waals surface area contributed by atoms with Gasteiger partial charge in [-0.1, -0.05) is 16.8 Å². The number of hydrogen-bond acceptors (Lipinski definition) is 9. The van der Waals surface area contributed by atoms with E-state index in [9.17, 15) is 18.0 Å². The SMILES string of the molecule is CC(=O)c1c(NC(=O)c2sccc2S(=O)(=O)Nc2onc(C)c2Cl)ccc2c1OCO2. The summed E-state index contributed by atoms with van der Waals surface area (Å²) in [6.45, 7) is 2.82. The predicted octanol–water partition coefficient (Wildman–Crippen LogP) is 3.68. The van der Waals surface area contributed by atoms with Crippen LogP contribution < -0.4 is 19.5 Å². The number of amides is 1. The molecule has 2 aromatic heterocycles. The van der Waals surface area contributed by atoms with E-state index >= 15 is 0 Å². The summed E-state index contributed by atoms with van der Waals surface area (Å²) in [5.41, 5.74) is 0.605. The third kappa shape index (κ3) is 3.84. The average Bonchev–Trinajstić information content (AvgIpc) is 3.44. The Hall–Kier alpha value is -3.09. The Labute approximate surface area is 185 Å². The fourth-order valence-electron chi connectivity index (χ4n) is 2.88. The number of halogens is 1. The zero-order valence-electron chi connectivity index (χ0n) is 16.0. The molecule has 3 aromatic rings. The van der Waals surface area contributed by atoms with E-state index in [1.165, 1.54) is 24.4 Å². The van der Waals surface area contributed by atoms with Gasteiger partial charge < -0.3 is 19.3 Å². The lowest BCUT2D eigenvalue weighted by molar-refractivity contribution is 0.101. The number of ether oxygens (including phenoxy) is 2. The fraction of sp³-hybridized carbons (Fsp3) is 0.167. The first-order chi connectivity index (χ1) is 14.7. The number of carbonyl (C=O) groups excluding carboxylic acids is 2. The Morgan fingerprint density at radius 2 is 2.00 bits per heavy atom. The van der Waals surface area contributed by atoms with Gasteiger partial charge in [0.05, 0.1) is 11.3 Å². The van der Waals surface area contributed by atoms with E-state index in [1.807, 2.05) is 0 Å². The maximum absolute atomic E-state index is 12.9. The molecule has 0 saturated heterocycles. The fourth-order valence-corrected chi connectivity index (χ4v) is 5.37. The van der Waals surface area contributed by atoms with Crippen molar-refractivity contribution in [1.29, 1.82) is 0 Å². The molecule has 0 atom stereocenters. The third-order valence-corrected chi connectivity index (χ3v) is 7.14. The number of benzene rings is 1. The number of aromatic nitrogens is 1. The number of thiophene rings is 1. The van der Waals surface area contributed by atoms with Gasteiger partial charge in [0.25, 0.3) is 21.8 Å². The highest BCUT2D eigenvalue weighted by Gasteiger charge is 2.29. The van der Waals surface area contributed by atoms with Crippen LogP contribution in [0.25, 0.3) is 0 Å². The first-order valence-electron chi connectivity index (χ1n) is 8.66. The molecule has 162 valence electrons. The van der Waals surface area contributed by atoms with Gasteiger partial charge in [-0.2, -0.15) is 0 Å². The second-order valence-electron chi connectivity index (χ2n) is 6.36. The lowest BCUT2D eigenvalue weighted by atomic mass is 10.1. The number of nitrogens with zero attached hydrogens (tertiary/aromatic N) is 1. The van der Waals surface area contributed by atoms with Crippen LogP contribution >= 0.6 is 22.9 Å². The molecule has 0 radical (unpaired) electrons. The van der Waals surface area contributed by atoms with Gasteiger partial charge in [0.1, 0.15) is 20.5 Å². The van der Waals surface area contributed by atoms with Crippen LogP contribution in [0.3, 0.4) is 0 Å². The maximum Gasteiger partial charge on any atom is 0.267 e. The lowest BCUT2D eigenvalue weighted by Crippen LogP contribution is -2.19. The van der Waals surface area contributed by atoms with Crippen molar-refractivity contribution in [2.75, 3.05) is 16.8 Å². The molecular formula is C18H14ClN3O7S2. The molecule has 0 fully saturated rings. The molecule has 31 heavy (non-hydrogen) atoms. The van der Waals surface area contributed by atoms with E-state index in [4.69, 9.17) is 25.6 Å². The Bertz CT molecular complexity index is 1310. The van der Waals surface area contributed by atoms with Crippen molar-refractivity contribution in [1.82, 2.24) is 5.16 Å². The normalized spacial score (nSPS) is 12.6. The van der Waals surface area contributed by atoms with Crippen LogP contribution in [-0.2, 0) is 10.0 Å². The number of carbonyl (C=O) groups is 2. The van der Waals surface area contributed by atoms with Gasteiger partial charge in [-0.05, 0) is 37.4 Å². The van der Waals surface area contributed by atoms with Crippen LogP contribution in [0.5, 0.6) is 11.5 Å². The zero-order chi connectivity index (χ0) is 22.3. The quantitative estimate of drug-likeness (QED) is 0.506. The minimum absolute atomic E-state index is 0.0104. The highest BCUT2D eigenvalue weighted by molar-refractivity contribution is 7.93. The van der Waals surface area contributed by atoms with Crippen LogP contribution in [0.1, 0.15) is 32.6 Å². The Morgan fingerprint density at radius 1 is 1.23 bits per heavy atom.